The van der Waals surface area contributed by atoms with Crippen molar-refractivity contribution in [2.24, 2.45) is 17.3 Å². The lowest BCUT2D eigenvalue weighted by Gasteiger charge is -2.20. The Hall–Kier alpha value is -2.62. The van der Waals surface area contributed by atoms with Crippen LogP contribution >= 0.6 is 23.2 Å². The molecule has 0 bridgehead atoms. The van der Waals surface area contributed by atoms with Crippen molar-refractivity contribution in [3.63, 3.8) is 0 Å². The predicted octanol–water partition coefficient (Wildman–Crippen LogP) is 4.27. The van der Waals surface area contributed by atoms with Crippen molar-refractivity contribution in [3.05, 3.63) is 52.5 Å². The average molecular weight is 455 g/mol. The molecular formula is C18H16Cl2N4O4S. The van der Waals surface area contributed by atoms with Crippen LogP contribution in [0.5, 0.6) is 5.88 Å². The fourth-order valence-corrected chi connectivity index (χ4v) is 4.15. The fourth-order valence-electron chi connectivity index (χ4n) is 2.80. The summed E-state index contributed by atoms with van der Waals surface area (Å²) >= 11 is 11.9. The molecule has 2 aromatic carbocycles. The summed E-state index contributed by atoms with van der Waals surface area (Å²) in [5, 5.41) is 18.7. The Morgan fingerprint density at radius 1 is 1.17 bits per heavy atom. The van der Waals surface area contributed by atoms with Gasteiger partial charge in [-0.3, -0.25) is 9.10 Å². The van der Waals surface area contributed by atoms with Gasteiger partial charge in [0.1, 0.15) is 6.54 Å². The zero-order valence-electron chi connectivity index (χ0n) is 15.4. The van der Waals surface area contributed by atoms with Crippen LogP contribution in [-0.4, -0.2) is 36.8 Å². The molecule has 0 aliphatic rings. The number of amides is 1. The van der Waals surface area contributed by atoms with E-state index in [4.69, 9.17) is 23.2 Å². The van der Waals surface area contributed by atoms with Gasteiger partial charge in [0.25, 0.3) is 5.91 Å². The molecular weight excluding hydrogens is 439 g/mol. The van der Waals surface area contributed by atoms with Gasteiger partial charge in [-0.05, 0) is 24.3 Å². The number of nitrogens with zero attached hydrogens (tertiary/aromatic N) is 4. The highest BCUT2D eigenvalue weighted by Crippen LogP contribution is 2.37. The number of carbonyl (C=O) groups excluding carboxylic acids is 1. The van der Waals surface area contributed by atoms with E-state index < -0.39 is 22.5 Å². The quantitative estimate of drug-likeness (QED) is 0.581. The summed E-state index contributed by atoms with van der Waals surface area (Å²) in [4.78, 5) is 12.3. The highest BCUT2D eigenvalue weighted by Gasteiger charge is 2.22. The van der Waals surface area contributed by atoms with Crippen molar-refractivity contribution in [1.29, 1.82) is 0 Å². The molecule has 3 aromatic rings. The van der Waals surface area contributed by atoms with Crippen LogP contribution < -0.4 is 4.31 Å². The minimum atomic E-state index is -3.83. The lowest BCUT2D eigenvalue weighted by Crippen LogP contribution is -2.34. The van der Waals surface area contributed by atoms with Crippen molar-refractivity contribution in [2.45, 2.75) is 0 Å². The molecule has 1 heterocycles. The summed E-state index contributed by atoms with van der Waals surface area (Å²) in [5.74, 6) is -0.997. The predicted molar refractivity (Wildman–Crippen MR) is 113 cm³/mol. The van der Waals surface area contributed by atoms with Crippen LogP contribution in [0.15, 0.2) is 52.7 Å². The van der Waals surface area contributed by atoms with E-state index in [2.05, 4.69) is 10.2 Å². The third-order valence-corrected chi connectivity index (χ3v) is 5.70. The first-order valence-electron chi connectivity index (χ1n) is 8.22. The Labute approximate surface area is 177 Å². The molecule has 0 atom stereocenters. The standard InChI is InChI=1S/C18H16Cl2N4O4S/c1-23-15-6-4-3-5-14(15)17(18(23)26)22-21-16(25)10-24(29(2,27)28)13-8-11(19)7-12(20)9-13/h3-9,26H,10H2,1-2H3. The molecule has 0 aliphatic carbocycles. The average Bonchev–Trinajstić information content (AvgIpc) is 2.87. The number of aromatic hydroxyl groups is 1. The molecule has 1 aromatic heterocycles. The van der Waals surface area contributed by atoms with E-state index in [0.717, 1.165) is 10.6 Å². The van der Waals surface area contributed by atoms with Gasteiger partial charge in [0.15, 0.2) is 5.69 Å². The second kappa shape index (κ2) is 8.02. The molecule has 0 unspecified atom stereocenters. The molecule has 0 fully saturated rings. The van der Waals surface area contributed by atoms with Crippen molar-refractivity contribution in [2.75, 3.05) is 17.1 Å². The fraction of sp³-hybridized carbons (Fsp3) is 0.167. The van der Waals surface area contributed by atoms with Crippen LogP contribution in [0.4, 0.5) is 11.4 Å². The monoisotopic (exact) mass is 454 g/mol. The van der Waals surface area contributed by atoms with Crippen molar-refractivity contribution in [3.8, 4) is 5.88 Å². The number of hydrogen-bond donors (Lipinski definition) is 1. The highest BCUT2D eigenvalue weighted by atomic mass is 35.5. The van der Waals surface area contributed by atoms with Gasteiger partial charge in [0, 0.05) is 22.5 Å². The molecule has 0 spiro atoms. The molecule has 0 saturated carbocycles. The highest BCUT2D eigenvalue weighted by molar-refractivity contribution is 7.92. The number of rotatable bonds is 5. The van der Waals surface area contributed by atoms with Crippen LogP contribution in [0, 0.1) is 0 Å². The third-order valence-electron chi connectivity index (χ3n) is 4.13. The van der Waals surface area contributed by atoms with Gasteiger partial charge < -0.3 is 9.67 Å². The first kappa shape index (κ1) is 21.1. The van der Waals surface area contributed by atoms with Gasteiger partial charge in [0.2, 0.25) is 15.9 Å². The minimum Gasteiger partial charge on any atom is -0.493 e. The maximum absolute atomic E-state index is 12.3. The number of fused-ring (bicyclic) bond motifs is 1. The maximum Gasteiger partial charge on any atom is 0.285 e. The first-order valence-corrected chi connectivity index (χ1v) is 10.8. The molecule has 3 rings (SSSR count). The van der Waals surface area contributed by atoms with E-state index in [1.54, 1.807) is 31.3 Å². The number of benzene rings is 2. The Morgan fingerprint density at radius 3 is 2.41 bits per heavy atom. The second-order valence-electron chi connectivity index (χ2n) is 6.24. The molecule has 0 aliphatic heterocycles. The van der Waals surface area contributed by atoms with E-state index in [1.165, 1.54) is 22.8 Å². The molecule has 29 heavy (non-hydrogen) atoms. The largest absolute Gasteiger partial charge is 0.493 e. The number of anilines is 1. The van der Waals surface area contributed by atoms with Crippen LogP contribution in [0.25, 0.3) is 10.9 Å². The molecule has 152 valence electrons. The molecule has 1 amide bonds. The number of para-hydroxylation sites is 1. The summed E-state index contributed by atoms with van der Waals surface area (Å²) in [7, 11) is -2.18. The van der Waals surface area contributed by atoms with Crippen LogP contribution in [-0.2, 0) is 21.9 Å². The number of aromatic nitrogens is 1. The maximum atomic E-state index is 12.3. The van der Waals surface area contributed by atoms with Gasteiger partial charge in [0.05, 0.1) is 17.5 Å². The lowest BCUT2D eigenvalue weighted by atomic mass is 10.2. The Bertz CT molecular complexity index is 1220. The van der Waals surface area contributed by atoms with Gasteiger partial charge in [-0.1, -0.05) is 41.4 Å². The number of carbonyl (C=O) groups is 1. The first-order chi connectivity index (χ1) is 13.6. The van der Waals surface area contributed by atoms with E-state index in [9.17, 15) is 18.3 Å². The van der Waals surface area contributed by atoms with Gasteiger partial charge in [-0.25, -0.2) is 8.42 Å². The number of aryl methyl sites for hydroxylation is 1. The van der Waals surface area contributed by atoms with Crippen molar-refractivity contribution < 1.29 is 18.3 Å². The molecule has 8 nitrogen and oxygen atoms in total. The van der Waals surface area contributed by atoms with Crippen molar-refractivity contribution in [1.82, 2.24) is 4.57 Å². The van der Waals surface area contributed by atoms with Crippen LogP contribution in [0.1, 0.15) is 0 Å². The number of azo groups is 1. The smallest absolute Gasteiger partial charge is 0.285 e. The lowest BCUT2D eigenvalue weighted by molar-refractivity contribution is -0.116. The summed E-state index contributed by atoms with van der Waals surface area (Å²) < 4.78 is 26.7. The zero-order valence-corrected chi connectivity index (χ0v) is 17.7. The number of halogens is 2. The van der Waals surface area contributed by atoms with Gasteiger partial charge in [-0.15, -0.1) is 10.2 Å². The van der Waals surface area contributed by atoms with E-state index in [1.807, 2.05) is 0 Å². The summed E-state index contributed by atoms with van der Waals surface area (Å²) in [6.45, 7) is -0.607. The zero-order chi connectivity index (χ0) is 21.3. The number of sulfonamides is 1. The third kappa shape index (κ3) is 4.52. The Kier molecular flexibility index (Phi) is 5.83. The summed E-state index contributed by atoms with van der Waals surface area (Å²) in [5.41, 5.74) is 0.951. The van der Waals surface area contributed by atoms with E-state index >= 15 is 0 Å². The minimum absolute atomic E-state index is 0.119. The molecule has 1 N–H and O–H groups in total. The second-order valence-corrected chi connectivity index (χ2v) is 9.02. The molecule has 0 saturated heterocycles. The summed E-state index contributed by atoms with van der Waals surface area (Å²) in [6.07, 6.45) is 0.947. The van der Waals surface area contributed by atoms with Crippen molar-refractivity contribution >= 4 is 61.4 Å². The van der Waals surface area contributed by atoms with Crippen LogP contribution in [0.3, 0.4) is 0 Å². The number of hydrogen-bond acceptors (Lipinski definition) is 5. The van der Waals surface area contributed by atoms with E-state index in [0.29, 0.717) is 10.9 Å². The molecule has 0 radical (unpaired) electrons. The van der Waals surface area contributed by atoms with Crippen LogP contribution in [0.2, 0.25) is 10.0 Å². The Morgan fingerprint density at radius 2 is 1.79 bits per heavy atom. The topological polar surface area (TPSA) is 104 Å². The molecule has 11 heteroatoms. The Balaban J connectivity index is 1.91. The SMILES string of the molecule is Cn1c(O)c(N=NC(=O)CN(c2cc(Cl)cc(Cl)c2)S(C)(=O)=O)c2ccccc21. The van der Waals surface area contributed by atoms with Gasteiger partial charge in [-0.2, -0.15) is 0 Å². The van der Waals surface area contributed by atoms with E-state index in [-0.39, 0.29) is 27.3 Å². The normalized spacial score (nSPS) is 12.0. The van der Waals surface area contributed by atoms with Gasteiger partial charge >= 0.3 is 0 Å². The summed E-state index contributed by atoms with van der Waals surface area (Å²) in [6, 6.07) is 11.3.